The Hall–Kier alpha value is -5.95. The number of rotatable bonds is 18. The summed E-state index contributed by atoms with van der Waals surface area (Å²) in [7, 11) is 17.9. The molecular weight excluding hydrogens is 767 g/mol. The van der Waals surface area contributed by atoms with E-state index in [2.05, 4.69) is 159 Å². The molecule has 0 spiro atoms. The Labute approximate surface area is 368 Å². The standard InChI is InChI=1S/C54H61N5O3/c1-11-54(45-23-26-49(61-9)42(32-45)36-57(6)30-28-55(2)3,46-24-27-50(62-10)43(33-46)37-58(7)31-29-56(4)5)44-16-13-17-47(35-44)59(8)51(60)34-41-21-20-40-19-18-38-14-12-15-39-22-25-48(41)53(40)52(38)39/h1,12-27,32-33,35H,28-31,34,36-37H2,2-10H3. The Morgan fingerprint density at radius 2 is 1.06 bits per heavy atom. The van der Waals surface area contributed by atoms with Crippen LogP contribution in [0.3, 0.4) is 0 Å². The lowest BCUT2D eigenvalue weighted by Gasteiger charge is -2.33. The quantitative estimate of drug-likeness (QED) is 0.0488. The number of likely N-dealkylation sites (N-methyl/N-ethyl adjacent to an activating group) is 5. The molecule has 0 aliphatic rings. The minimum atomic E-state index is -1.04. The van der Waals surface area contributed by atoms with Gasteiger partial charge in [-0.2, -0.15) is 0 Å². The van der Waals surface area contributed by atoms with E-state index in [-0.39, 0.29) is 12.3 Å². The molecule has 1 amide bonds. The number of hydrogen-bond acceptors (Lipinski definition) is 7. The molecule has 0 aliphatic carbocycles. The summed E-state index contributed by atoms with van der Waals surface area (Å²) in [6, 6.07) is 40.2. The zero-order valence-corrected chi connectivity index (χ0v) is 38.0. The third-order valence-electron chi connectivity index (χ3n) is 12.4. The summed E-state index contributed by atoms with van der Waals surface area (Å²) in [6.07, 6.45) is 7.14. The number of carbonyl (C=O) groups excluding carboxylic acids is 1. The minimum absolute atomic E-state index is 0.0107. The first-order valence-electron chi connectivity index (χ1n) is 21.4. The van der Waals surface area contributed by atoms with Crippen LogP contribution < -0.4 is 14.4 Å². The summed E-state index contributed by atoms with van der Waals surface area (Å²) in [6.45, 7) is 4.99. The van der Waals surface area contributed by atoms with Gasteiger partial charge in [0, 0.05) is 63.1 Å². The van der Waals surface area contributed by atoms with E-state index in [1.165, 1.54) is 26.9 Å². The molecule has 0 radical (unpaired) electrons. The van der Waals surface area contributed by atoms with Crippen molar-refractivity contribution >= 4 is 43.9 Å². The van der Waals surface area contributed by atoms with Crippen LogP contribution in [-0.4, -0.2) is 115 Å². The van der Waals surface area contributed by atoms with Crippen molar-refractivity contribution in [1.29, 1.82) is 0 Å². The van der Waals surface area contributed by atoms with Crippen molar-refractivity contribution in [3.8, 4) is 23.8 Å². The smallest absolute Gasteiger partial charge is 0.231 e. The molecule has 320 valence electrons. The van der Waals surface area contributed by atoms with Gasteiger partial charge in [0.05, 0.1) is 20.6 Å². The van der Waals surface area contributed by atoms with Crippen LogP contribution in [0.25, 0.3) is 32.3 Å². The summed E-state index contributed by atoms with van der Waals surface area (Å²) in [4.78, 5) is 25.2. The first-order valence-corrected chi connectivity index (χ1v) is 21.4. The van der Waals surface area contributed by atoms with E-state index in [4.69, 9.17) is 15.9 Å². The molecule has 8 heteroatoms. The van der Waals surface area contributed by atoms with Crippen molar-refractivity contribution in [3.63, 3.8) is 0 Å². The summed E-state index contributed by atoms with van der Waals surface area (Å²) >= 11 is 0. The maximum Gasteiger partial charge on any atom is 0.231 e. The number of terminal acetylenes is 1. The largest absolute Gasteiger partial charge is 0.496 e. The van der Waals surface area contributed by atoms with Gasteiger partial charge >= 0.3 is 0 Å². The number of benzene rings is 7. The van der Waals surface area contributed by atoms with Crippen molar-refractivity contribution in [1.82, 2.24) is 19.6 Å². The van der Waals surface area contributed by atoms with Gasteiger partial charge in [-0.1, -0.05) is 84.8 Å². The molecule has 0 aromatic heterocycles. The van der Waals surface area contributed by atoms with Crippen molar-refractivity contribution in [3.05, 3.63) is 149 Å². The molecule has 0 N–H and O–H groups in total. The highest BCUT2D eigenvalue weighted by molar-refractivity contribution is 6.23. The molecule has 7 aromatic carbocycles. The molecule has 0 bridgehead atoms. The normalized spacial score (nSPS) is 12.1. The van der Waals surface area contributed by atoms with Crippen molar-refractivity contribution < 1.29 is 14.3 Å². The van der Waals surface area contributed by atoms with Crippen LogP contribution in [0, 0.1) is 12.3 Å². The highest BCUT2D eigenvalue weighted by Crippen LogP contribution is 2.43. The highest BCUT2D eigenvalue weighted by Gasteiger charge is 2.37. The third-order valence-corrected chi connectivity index (χ3v) is 12.4. The van der Waals surface area contributed by atoms with Crippen molar-refractivity contribution in [2.45, 2.75) is 24.9 Å². The molecule has 0 atom stereocenters. The molecule has 0 heterocycles. The van der Waals surface area contributed by atoms with Gasteiger partial charge in [0.2, 0.25) is 5.91 Å². The molecule has 0 unspecified atom stereocenters. The van der Waals surface area contributed by atoms with Crippen LogP contribution in [-0.2, 0) is 29.7 Å². The minimum Gasteiger partial charge on any atom is -0.496 e. The molecule has 0 aliphatic heterocycles. The van der Waals surface area contributed by atoms with E-state index in [1.54, 1.807) is 19.1 Å². The molecule has 0 fully saturated rings. The lowest BCUT2D eigenvalue weighted by Crippen LogP contribution is -2.31. The number of amides is 1. The van der Waals surface area contributed by atoms with Crippen LogP contribution in [0.15, 0.2) is 115 Å². The van der Waals surface area contributed by atoms with E-state index in [0.29, 0.717) is 13.1 Å². The van der Waals surface area contributed by atoms with Gasteiger partial charge in [0.15, 0.2) is 0 Å². The van der Waals surface area contributed by atoms with E-state index in [1.807, 2.05) is 31.3 Å². The van der Waals surface area contributed by atoms with Gasteiger partial charge < -0.3 is 34.0 Å². The first kappa shape index (κ1) is 44.1. The summed E-state index contributed by atoms with van der Waals surface area (Å²) in [5.41, 5.74) is 5.57. The van der Waals surface area contributed by atoms with Gasteiger partial charge in [0.1, 0.15) is 16.9 Å². The number of carbonyl (C=O) groups is 1. The fourth-order valence-corrected chi connectivity index (χ4v) is 8.83. The zero-order chi connectivity index (χ0) is 44.1. The monoisotopic (exact) mass is 827 g/mol. The average molecular weight is 828 g/mol. The van der Waals surface area contributed by atoms with Gasteiger partial charge in [-0.05, 0) is 133 Å². The average Bonchev–Trinajstić information content (AvgIpc) is 3.27. The molecule has 7 aromatic rings. The summed E-state index contributed by atoms with van der Waals surface area (Å²) < 4.78 is 11.9. The Kier molecular flexibility index (Phi) is 13.5. The van der Waals surface area contributed by atoms with Gasteiger partial charge in [0.25, 0.3) is 0 Å². The molecular formula is C54H61N5O3. The van der Waals surface area contributed by atoms with Gasteiger partial charge in [-0.15, -0.1) is 6.42 Å². The third kappa shape index (κ3) is 8.99. The van der Waals surface area contributed by atoms with E-state index >= 15 is 0 Å². The van der Waals surface area contributed by atoms with Crippen molar-refractivity contribution in [2.24, 2.45) is 0 Å². The van der Waals surface area contributed by atoms with Crippen LogP contribution >= 0.6 is 0 Å². The van der Waals surface area contributed by atoms with E-state index in [0.717, 1.165) is 82.1 Å². The fraction of sp³-hybridized carbons (Fsp3) is 0.315. The van der Waals surface area contributed by atoms with Gasteiger partial charge in [-0.3, -0.25) is 4.79 Å². The van der Waals surface area contributed by atoms with Crippen molar-refractivity contribution in [2.75, 3.05) is 94.6 Å². The summed E-state index contributed by atoms with van der Waals surface area (Å²) in [5, 5.41) is 7.15. The molecule has 7 rings (SSSR count). The second kappa shape index (κ2) is 19.0. The maximum absolute atomic E-state index is 14.4. The lowest BCUT2D eigenvalue weighted by atomic mass is 9.69. The fourth-order valence-electron chi connectivity index (χ4n) is 8.83. The number of nitrogens with zero attached hydrogens (tertiary/aromatic N) is 5. The second-order valence-electron chi connectivity index (χ2n) is 17.3. The number of ether oxygens (including phenoxy) is 2. The number of hydrogen-bond donors (Lipinski definition) is 0. The highest BCUT2D eigenvalue weighted by atomic mass is 16.5. The van der Waals surface area contributed by atoms with Gasteiger partial charge in [-0.25, -0.2) is 0 Å². The summed E-state index contributed by atoms with van der Waals surface area (Å²) in [5.74, 6) is 4.94. The van der Waals surface area contributed by atoms with Crippen LogP contribution in [0.2, 0.25) is 0 Å². The number of anilines is 1. The van der Waals surface area contributed by atoms with Crippen LogP contribution in [0.1, 0.15) is 33.4 Å². The Bertz CT molecular complexity index is 2630. The SMILES string of the molecule is C#CC(c1cccc(N(C)C(=O)Cc2ccc3ccc4cccc5ccc2c3c45)c1)(c1ccc(OC)c(CN(C)CCN(C)C)c1)c1ccc(OC)c(CN(C)CCN(C)C)c1. The van der Waals surface area contributed by atoms with Crippen LogP contribution in [0.5, 0.6) is 11.5 Å². The zero-order valence-electron chi connectivity index (χ0n) is 38.0. The second-order valence-corrected chi connectivity index (χ2v) is 17.3. The Morgan fingerprint density at radius 1 is 0.565 bits per heavy atom. The van der Waals surface area contributed by atoms with E-state index < -0.39 is 5.41 Å². The predicted octanol–water partition coefficient (Wildman–Crippen LogP) is 8.76. The lowest BCUT2D eigenvalue weighted by molar-refractivity contribution is -0.117. The Balaban J connectivity index is 1.31. The molecule has 62 heavy (non-hydrogen) atoms. The van der Waals surface area contributed by atoms with Crippen LogP contribution in [0.4, 0.5) is 5.69 Å². The molecule has 0 saturated carbocycles. The topological polar surface area (TPSA) is 51.7 Å². The maximum atomic E-state index is 14.4. The number of methoxy groups -OCH3 is 2. The molecule has 8 nitrogen and oxygen atoms in total. The molecule has 0 saturated heterocycles. The van der Waals surface area contributed by atoms with E-state index in [9.17, 15) is 4.79 Å². The first-order chi connectivity index (χ1) is 29.9. The predicted molar refractivity (Wildman–Crippen MR) is 258 cm³/mol. The Morgan fingerprint density at radius 3 is 1.60 bits per heavy atom.